The number of amides is 2. The summed E-state index contributed by atoms with van der Waals surface area (Å²) >= 11 is 0. The number of carbonyl (C=O) groups is 2. The van der Waals surface area contributed by atoms with Crippen molar-refractivity contribution in [1.82, 2.24) is 15.1 Å². The van der Waals surface area contributed by atoms with Crippen LogP contribution in [0.4, 0.5) is 5.69 Å². The predicted octanol–water partition coefficient (Wildman–Crippen LogP) is 1.60. The molecule has 28 heavy (non-hydrogen) atoms. The molecule has 0 aliphatic carbocycles. The number of aromatic nitrogens is 3. The van der Waals surface area contributed by atoms with Crippen LogP contribution in [-0.2, 0) is 11.8 Å². The Bertz CT molecular complexity index is 1000. The maximum absolute atomic E-state index is 12.1. The molecule has 0 radical (unpaired) electrons. The molecule has 3 aromatic rings. The van der Waals surface area contributed by atoms with Crippen molar-refractivity contribution in [3.8, 4) is 11.1 Å². The highest BCUT2D eigenvalue weighted by atomic mass is 16.5. The molecule has 144 valence electrons. The van der Waals surface area contributed by atoms with E-state index in [1.807, 2.05) is 26.0 Å². The van der Waals surface area contributed by atoms with Crippen molar-refractivity contribution in [2.75, 3.05) is 11.9 Å². The Kier molecular flexibility index (Phi) is 5.39. The fourth-order valence-corrected chi connectivity index (χ4v) is 3.10. The fraction of sp³-hybridized carbons (Fsp3) is 0.200. The number of anilines is 1. The van der Waals surface area contributed by atoms with Crippen LogP contribution in [0.25, 0.3) is 11.1 Å². The molecule has 2 amide bonds. The van der Waals surface area contributed by atoms with Crippen LogP contribution in [0.3, 0.4) is 0 Å². The standard InChI is InChI=1S/C20H21N5O3/c1-13-11-25(28)12-14(2)19(13)15-4-6-16(7-5-15)23-18(26)10-21-20(27)17-8-9-22-24(17)3/h4-9,11-12,28H,10H2,1-3H3,(H,21,27)/p+1. The van der Waals surface area contributed by atoms with Gasteiger partial charge >= 0.3 is 0 Å². The average molecular weight is 380 g/mol. The summed E-state index contributed by atoms with van der Waals surface area (Å²) in [6.07, 6.45) is 4.80. The van der Waals surface area contributed by atoms with Crippen LogP contribution in [0.1, 0.15) is 21.6 Å². The summed E-state index contributed by atoms with van der Waals surface area (Å²) in [5.41, 5.74) is 4.92. The number of rotatable bonds is 5. The third-order valence-corrected chi connectivity index (χ3v) is 4.36. The van der Waals surface area contributed by atoms with Gasteiger partial charge in [-0.2, -0.15) is 5.10 Å². The van der Waals surface area contributed by atoms with Gasteiger partial charge in [0.05, 0.1) is 6.54 Å². The highest BCUT2D eigenvalue weighted by Gasteiger charge is 2.13. The van der Waals surface area contributed by atoms with E-state index in [0.717, 1.165) is 27.0 Å². The number of nitrogens with one attached hydrogen (secondary N) is 2. The van der Waals surface area contributed by atoms with E-state index in [9.17, 15) is 14.8 Å². The SMILES string of the molecule is Cc1c[n+](O)cc(C)c1-c1ccc(NC(=O)CNC(=O)c2ccnn2C)cc1. The van der Waals surface area contributed by atoms with E-state index >= 15 is 0 Å². The number of hydrogen-bond acceptors (Lipinski definition) is 4. The zero-order valence-electron chi connectivity index (χ0n) is 15.9. The maximum Gasteiger partial charge on any atom is 0.269 e. The molecule has 3 N–H and O–H groups in total. The molecule has 2 heterocycles. The number of pyridine rings is 1. The van der Waals surface area contributed by atoms with Crippen molar-refractivity contribution in [2.45, 2.75) is 13.8 Å². The van der Waals surface area contributed by atoms with E-state index in [1.165, 1.54) is 10.9 Å². The van der Waals surface area contributed by atoms with E-state index in [4.69, 9.17) is 0 Å². The lowest BCUT2D eigenvalue weighted by Crippen LogP contribution is -2.33. The molecular weight excluding hydrogens is 358 g/mol. The summed E-state index contributed by atoms with van der Waals surface area (Å²) in [4.78, 5) is 24.1. The van der Waals surface area contributed by atoms with Crippen LogP contribution in [0.5, 0.6) is 0 Å². The highest BCUT2D eigenvalue weighted by molar-refractivity contribution is 5.98. The molecular formula is C20H22N5O3+. The molecule has 0 fully saturated rings. The van der Waals surface area contributed by atoms with Crippen molar-refractivity contribution in [1.29, 1.82) is 0 Å². The molecule has 8 nitrogen and oxygen atoms in total. The van der Waals surface area contributed by atoms with E-state index in [2.05, 4.69) is 15.7 Å². The lowest BCUT2D eigenvalue weighted by Gasteiger charge is -2.10. The molecule has 8 heteroatoms. The molecule has 0 aliphatic rings. The number of hydrogen-bond donors (Lipinski definition) is 3. The zero-order chi connectivity index (χ0) is 20.3. The third kappa shape index (κ3) is 4.17. The van der Waals surface area contributed by atoms with E-state index < -0.39 is 0 Å². The van der Waals surface area contributed by atoms with Crippen LogP contribution >= 0.6 is 0 Å². The fourth-order valence-electron chi connectivity index (χ4n) is 3.10. The van der Waals surface area contributed by atoms with E-state index in [0.29, 0.717) is 11.4 Å². The average Bonchev–Trinajstić information content (AvgIpc) is 3.06. The van der Waals surface area contributed by atoms with Crippen LogP contribution in [0, 0.1) is 13.8 Å². The van der Waals surface area contributed by atoms with Crippen molar-refractivity contribution in [3.05, 3.63) is 65.7 Å². The molecule has 0 unspecified atom stereocenters. The number of carbonyl (C=O) groups excluding carboxylic acids is 2. The van der Waals surface area contributed by atoms with Gasteiger partial charge in [0.25, 0.3) is 5.91 Å². The maximum atomic E-state index is 12.1. The second-order valence-corrected chi connectivity index (χ2v) is 6.53. The zero-order valence-corrected chi connectivity index (χ0v) is 15.9. The molecule has 0 aliphatic heterocycles. The van der Waals surface area contributed by atoms with Gasteiger partial charge < -0.3 is 10.6 Å². The summed E-state index contributed by atoms with van der Waals surface area (Å²) in [5.74, 6) is -0.682. The second kappa shape index (κ2) is 7.91. The van der Waals surface area contributed by atoms with Crippen molar-refractivity contribution < 1.29 is 19.5 Å². The smallest absolute Gasteiger partial charge is 0.269 e. The van der Waals surface area contributed by atoms with Gasteiger partial charge in [0.2, 0.25) is 18.3 Å². The Morgan fingerprint density at radius 2 is 1.75 bits per heavy atom. The topological polar surface area (TPSA) is 100 Å². The summed E-state index contributed by atoms with van der Waals surface area (Å²) in [6, 6.07) is 8.99. The third-order valence-electron chi connectivity index (χ3n) is 4.36. The monoisotopic (exact) mass is 380 g/mol. The number of benzene rings is 1. The number of nitrogens with zero attached hydrogens (tertiary/aromatic N) is 3. The van der Waals surface area contributed by atoms with Gasteiger partial charge in [-0.3, -0.25) is 19.5 Å². The summed E-state index contributed by atoms with van der Waals surface area (Å²) in [7, 11) is 1.66. The molecule has 1 aromatic carbocycles. The molecule has 2 aromatic heterocycles. The molecule has 0 spiro atoms. The van der Waals surface area contributed by atoms with Crippen molar-refractivity contribution >= 4 is 17.5 Å². The summed E-state index contributed by atoms with van der Waals surface area (Å²) in [5, 5.41) is 18.9. The van der Waals surface area contributed by atoms with E-state index in [1.54, 1.807) is 37.6 Å². The minimum atomic E-state index is -0.360. The Balaban J connectivity index is 1.62. The van der Waals surface area contributed by atoms with Gasteiger partial charge in [-0.1, -0.05) is 12.1 Å². The Morgan fingerprint density at radius 3 is 2.32 bits per heavy atom. The first-order valence-electron chi connectivity index (χ1n) is 8.73. The molecule has 0 saturated heterocycles. The highest BCUT2D eigenvalue weighted by Crippen LogP contribution is 2.26. The quantitative estimate of drug-likeness (QED) is 0.462. The predicted molar refractivity (Wildman–Crippen MR) is 103 cm³/mol. The van der Waals surface area contributed by atoms with Gasteiger partial charge in [0.1, 0.15) is 5.69 Å². The summed E-state index contributed by atoms with van der Waals surface area (Å²) < 4.78 is 2.49. The van der Waals surface area contributed by atoms with Gasteiger partial charge in [-0.25, -0.2) is 0 Å². The Labute approximate surface area is 162 Å². The van der Waals surface area contributed by atoms with E-state index in [-0.39, 0.29) is 18.4 Å². The van der Waals surface area contributed by atoms with Crippen molar-refractivity contribution in [2.24, 2.45) is 7.05 Å². The lowest BCUT2D eigenvalue weighted by atomic mass is 9.98. The van der Waals surface area contributed by atoms with Gasteiger partial charge in [0, 0.05) is 34.8 Å². The van der Waals surface area contributed by atoms with Crippen LogP contribution < -0.4 is 15.4 Å². The molecule has 0 atom stereocenters. The Hall–Kier alpha value is -3.68. The van der Waals surface area contributed by atoms with Gasteiger partial charge in [0.15, 0.2) is 0 Å². The minimum Gasteiger partial charge on any atom is -0.342 e. The Morgan fingerprint density at radius 1 is 1.11 bits per heavy atom. The first kappa shape index (κ1) is 19.1. The van der Waals surface area contributed by atoms with Crippen molar-refractivity contribution in [3.63, 3.8) is 0 Å². The lowest BCUT2D eigenvalue weighted by molar-refractivity contribution is -0.905. The number of aryl methyl sites for hydroxylation is 3. The minimum absolute atomic E-state index is 0.140. The molecule has 3 rings (SSSR count). The first-order chi connectivity index (χ1) is 13.3. The molecule has 0 bridgehead atoms. The second-order valence-electron chi connectivity index (χ2n) is 6.53. The summed E-state index contributed by atoms with van der Waals surface area (Å²) in [6.45, 7) is 3.71. The van der Waals surface area contributed by atoms with Crippen LogP contribution in [0.2, 0.25) is 0 Å². The van der Waals surface area contributed by atoms with Gasteiger partial charge in [-0.05, 0) is 43.2 Å². The largest absolute Gasteiger partial charge is 0.342 e. The normalized spacial score (nSPS) is 10.5. The van der Waals surface area contributed by atoms with Crippen LogP contribution in [0.15, 0.2) is 48.9 Å². The first-order valence-corrected chi connectivity index (χ1v) is 8.73. The molecule has 0 saturated carbocycles. The van der Waals surface area contributed by atoms with Gasteiger partial charge in [-0.15, -0.1) is 0 Å². The van der Waals surface area contributed by atoms with Crippen LogP contribution in [-0.4, -0.2) is 33.3 Å².